The average Bonchev–Trinajstić information content (AvgIpc) is 2.66. The number of hydrogen-bond donors (Lipinski definition) is 2. The van der Waals surface area contributed by atoms with Crippen LogP contribution >= 0.6 is 0 Å². The van der Waals surface area contributed by atoms with Crippen molar-refractivity contribution >= 4 is 0 Å². The van der Waals surface area contributed by atoms with E-state index < -0.39 is 0 Å². The molecule has 0 heterocycles. The molecule has 0 spiro atoms. The Morgan fingerprint density at radius 1 is 1.20 bits per heavy atom. The predicted octanol–water partition coefficient (Wildman–Crippen LogP) is 1.73. The van der Waals surface area contributed by atoms with Crippen LogP contribution in [0.5, 0.6) is 0 Å². The summed E-state index contributed by atoms with van der Waals surface area (Å²) in [6.07, 6.45) is 4.16. The maximum absolute atomic E-state index is 9.62. The van der Waals surface area contributed by atoms with Crippen molar-refractivity contribution in [2.45, 2.75) is 37.8 Å². The van der Waals surface area contributed by atoms with Gasteiger partial charge in [0.25, 0.3) is 0 Å². The molecule has 0 saturated heterocycles. The molecule has 1 aliphatic carbocycles. The maximum atomic E-state index is 9.62. The lowest BCUT2D eigenvalue weighted by molar-refractivity contribution is 0.149. The Hall–Kier alpha value is -0.860. The second kappa shape index (κ2) is 5.29. The molecule has 0 unspecified atom stereocenters. The molecule has 2 heteroatoms. The second-order valence-electron chi connectivity index (χ2n) is 4.29. The smallest absolute Gasteiger partial charge is 0.0693 e. The van der Waals surface area contributed by atoms with Gasteiger partial charge in [-0.2, -0.15) is 0 Å². The van der Waals surface area contributed by atoms with Gasteiger partial charge < -0.3 is 10.4 Å². The third-order valence-corrected chi connectivity index (χ3v) is 3.14. The highest BCUT2D eigenvalue weighted by Crippen LogP contribution is 2.18. The highest BCUT2D eigenvalue weighted by Gasteiger charge is 2.23. The summed E-state index contributed by atoms with van der Waals surface area (Å²) in [4.78, 5) is 0. The van der Waals surface area contributed by atoms with Crippen LogP contribution in [0.25, 0.3) is 0 Å². The molecule has 2 nitrogen and oxygen atoms in total. The highest BCUT2D eigenvalue weighted by atomic mass is 16.3. The molecule has 0 amide bonds. The van der Waals surface area contributed by atoms with E-state index in [0.29, 0.717) is 6.04 Å². The van der Waals surface area contributed by atoms with E-state index in [2.05, 4.69) is 29.6 Å². The minimum Gasteiger partial charge on any atom is -0.392 e. The molecule has 1 fully saturated rings. The van der Waals surface area contributed by atoms with E-state index in [4.69, 9.17) is 0 Å². The van der Waals surface area contributed by atoms with Gasteiger partial charge in [-0.1, -0.05) is 30.3 Å². The van der Waals surface area contributed by atoms with Crippen LogP contribution in [0.1, 0.15) is 24.8 Å². The fourth-order valence-electron chi connectivity index (χ4n) is 2.23. The molecule has 0 aliphatic heterocycles. The van der Waals surface area contributed by atoms with E-state index in [-0.39, 0.29) is 6.10 Å². The largest absolute Gasteiger partial charge is 0.392 e. The maximum Gasteiger partial charge on any atom is 0.0693 e. The Bertz CT molecular complexity index is 286. The number of hydrogen-bond acceptors (Lipinski definition) is 2. The van der Waals surface area contributed by atoms with E-state index in [1.807, 2.05) is 6.07 Å². The first-order valence-electron chi connectivity index (χ1n) is 5.81. The monoisotopic (exact) mass is 205 g/mol. The molecule has 15 heavy (non-hydrogen) atoms. The summed E-state index contributed by atoms with van der Waals surface area (Å²) in [6, 6.07) is 10.8. The molecule has 1 saturated carbocycles. The second-order valence-corrected chi connectivity index (χ2v) is 4.29. The van der Waals surface area contributed by atoms with Gasteiger partial charge in [0.1, 0.15) is 0 Å². The van der Waals surface area contributed by atoms with Crippen LogP contribution in [0.15, 0.2) is 30.3 Å². The Morgan fingerprint density at radius 3 is 2.67 bits per heavy atom. The summed E-state index contributed by atoms with van der Waals surface area (Å²) < 4.78 is 0. The average molecular weight is 205 g/mol. The van der Waals surface area contributed by atoms with Crippen LogP contribution in [0.2, 0.25) is 0 Å². The van der Waals surface area contributed by atoms with Crippen LogP contribution in [-0.4, -0.2) is 23.8 Å². The zero-order valence-corrected chi connectivity index (χ0v) is 9.02. The molecule has 2 N–H and O–H groups in total. The van der Waals surface area contributed by atoms with Gasteiger partial charge in [-0.05, 0) is 37.8 Å². The molecule has 1 aliphatic rings. The van der Waals surface area contributed by atoms with Crippen molar-refractivity contribution in [3.63, 3.8) is 0 Å². The topological polar surface area (TPSA) is 32.3 Å². The molecule has 0 bridgehead atoms. The van der Waals surface area contributed by atoms with E-state index in [1.54, 1.807) is 0 Å². The van der Waals surface area contributed by atoms with Crippen LogP contribution in [0.3, 0.4) is 0 Å². The number of nitrogens with one attached hydrogen (secondary N) is 1. The summed E-state index contributed by atoms with van der Waals surface area (Å²) in [5, 5.41) is 13.1. The number of rotatable bonds is 4. The van der Waals surface area contributed by atoms with Crippen molar-refractivity contribution < 1.29 is 5.11 Å². The van der Waals surface area contributed by atoms with Crippen LogP contribution in [0, 0.1) is 0 Å². The summed E-state index contributed by atoms with van der Waals surface area (Å²) >= 11 is 0. The standard InChI is InChI=1S/C13H19NO/c15-13-8-4-7-12(13)14-10-9-11-5-2-1-3-6-11/h1-3,5-6,12-15H,4,7-10H2/t12-,13-/m0/s1. The minimum atomic E-state index is -0.124. The van der Waals surface area contributed by atoms with Crippen LogP contribution in [0.4, 0.5) is 0 Å². The van der Waals surface area contributed by atoms with Crippen molar-refractivity contribution in [2.75, 3.05) is 6.54 Å². The summed E-state index contributed by atoms with van der Waals surface area (Å²) in [6.45, 7) is 0.964. The molecule has 1 aromatic carbocycles. The van der Waals surface area contributed by atoms with Gasteiger partial charge in [0.2, 0.25) is 0 Å². The SMILES string of the molecule is O[C@H]1CCC[C@@H]1NCCc1ccccc1. The fourth-order valence-corrected chi connectivity index (χ4v) is 2.23. The fraction of sp³-hybridized carbons (Fsp3) is 0.538. The third-order valence-electron chi connectivity index (χ3n) is 3.14. The molecule has 0 aromatic heterocycles. The Morgan fingerprint density at radius 2 is 2.00 bits per heavy atom. The van der Waals surface area contributed by atoms with Gasteiger partial charge in [-0.15, -0.1) is 0 Å². The summed E-state index contributed by atoms with van der Waals surface area (Å²) in [7, 11) is 0. The van der Waals surface area contributed by atoms with Gasteiger partial charge in [-0.3, -0.25) is 0 Å². The van der Waals surface area contributed by atoms with Gasteiger partial charge in [0.05, 0.1) is 6.10 Å². The molecule has 0 radical (unpaired) electrons. The Kier molecular flexibility index (Phi) is 3.75. The lowest BCUT2D eigenvalue weighted by Gasteiger charge is -2.16. The van der Waals surface area contributed by atoms with Crippen LogP contribution in [-0.2, 0) is 6.42 Å². The quantitative estimate of drug-likeness (QED) is 0.784. The highest BCUT2D eigenvalue weighted by molar-refractivity contribution is 5.14. The lowest BCUT2D eigenvalue weighted by Crippen LogP contribution is -2.36. The Labute approximate surface area is 91.3 Å². The normalized spacial score (nSPS) is 25.7. The van der Waals surface area contributed by atoms with Crippen molar-refractivity contribution in [3.05, 3.63) is 35.9 Å². The van der Waals surface area contributed by atoms with E-state index in [9.17, 15) is 5.11 Å². The number of aliphatic hydroxyl groups excluding tert-OH is 1. The predicted molar refractivity (Wildman–Crippen MR) is 61.8 cm³/mol. The molecule has 1 aromatic rings. The van der Waals surface area contributed by atoms with E-state index in [0.717, 1.165) is 32.2 Å². The summed E-state index contributed by atoms with van der Waals surface area (Å²) in [5.74, 6) is 0. The van der Waals surface area contributed by atoms with Gasteiger partial charge in [-0.25, -0.2) is 0 Å². The zero-order chi connectivity index (χ0) is 10.5. The van der Waals surface area contributed by atoms with Crippen molar-refractivity contribution in [3.8, 4) is 0 Å². The zero-order valence-electron chi connectivity index (χ0n) is 9.02. The summed E-state index contributed by atoms with van der Waals surface area (Å²) in [5.41, 5.74) is 1.36. The van der Waals surface area contributed by atoms with Crippen molar-refractivity contribution in [2.24, 2.45) is 0 Å². The lowest BCUT2D eigenvalue weighted by atomic mass is 10.1. The molecule has 2 atom stereocenters. The first-order chi connectivity index (χ1) is 7.36. The van der Waals surface area contributed by atoms with Gasteiger partial charge in [0.15, 0.2) is 0 Å². The molecular weight excluding hydrogens is 186 g/mol. The first-order valence-corrected chi connectivity index (χ1v) is 5.81. The molecule has 82 valence electrons. The molecule has 2 rings (SSSR count). The van der Waals surface area contributed by atoms with E-state index in [1.165, 1.54) is 5.56 Å². The van der Waals surface area contributed by atoms with Crippen LogP contribution < -0.4 is 5.32 Å². The number of benzene rings is 1. The Balaban J connectivity index is 1.71. The first kappa shape index (κ1) is 10.7. The van der Waals surface area contributed by atoms with Gasteiger partial charge in [0, 0.05) is 6.04 Å². The number of aliphatic hydroxyl groups is 1. The van der Waals surface area contributed by atoms with Crippen molar-refractivity contribution in [1.29, 1.82) is 0 Å². The third kappa shape index (κ3) is 3.05. The van der Waals surface area contributed by atoms with E-state index >= 15 is 0 Å². The van der Waals surface area contributed by atoms with Crippen molar-refractivity contribution in [1.82, 2.24) is 5.32 Å². The van der Waals surface area contributed by atoms with Gasteiger partial charge >= 0.3 is 0 Å². The molecular formula is C13H19NO. The minimum absolute atomic E-state index is 0.124.